The van der Waals surface area contributed by atoms with Crippen LogP contribution in [-0.4, -0.2) is 6.29 Å². The highest BCUT2D eigenvalue weighted by atomic mass is 32.2. The van der Waals surface area contributed by atoms with Crippen molar-refractivity contribution in [3.8, 4) is 11.8 Å². The first-order chi connectivity index (χ1) is 9.74. The third kappa shape index (κ3) is 3.53. The van der Waals surface area contributed by atoms with E-state index in [-0.39, 0.29) is 0 Å². The van der Waals surface area contributed by atoms with Crippen molar-refractivity contribution in [3.63, 3.8) is 0 Å². The van der Waals surface area contributed by atoms with Crippen molar-refractivity contribution in [3.05, 3.63) is 59.2 Å². The topological polar surface area (TPSA) is 17.1 Å². The van der Waals surface area contributed by atoms with Gasteiger partial charge in [-0.25, -0.2) is 0 Å². The smallest absolute Gasteiger partial charge is 0.151 e. The lowest BCUT2D eigenvalue weighted by molar-refractivity contribution is 0.112. The number of rotatable bonds is 4. The van der Waals surface area contributed by atoms with Gasteiger partial charge in [0.05, 0.1) is 0 Å². The van der Waals surface area contributed by atoms with Crippen LogP contribution >= 0.6 is 11.8 Å². The molecule has 0 bridgehead atoms. The number of carbonyl (C=O) groups excluding carboxylic acids is 1. The molecule has 0 N–H and O–H groups in total. The highest BCUT2D eigenvalue weighted by Gasteiger charge is 2.06. The number of carbonyl (C=O) groups is 1. The zero-order chi connectivity index (χ0) is 14.4. The Morgan fingerprint density at radius 1 is 1.15 bits per heavy atom. The Morgan fingerprint density at radius 3 is 2.65 bits per heavy atom. The van der Waals surface area contributed by atoms with Gasteiger partial charge in [0.1, 0.15) is 0 Å². The Bertz CT molecular complexity index is 677. The SMILES string of the molecule is CC#CCc1ccc(Sc2ccccc2C=O)c(C)c1. The fraction of sp³-hybridized carbons (Fsp3) is 0.167. The molecule has 0 saturated heterocycles. The molecule has 0 aromatic heterocycles. The van der Waals surface area contributed by atoms with Crippen molar-refractivity contribution in [1.82, 2.24) is 0 Å². The van der Waals surface area contributed by atoms with E-state index in [2.05, 4.69) is 37.0 Å². The van der Waals surface area contributed by atoms with Crippen LogP contribution in [0, 0.1) is 18.8 Å². The summed E-state index contributed by atoms with van der Waals surface area (Å²) in [6.07, 6.45) is 1.69. The van der Waals surface area contributed by atoms with Crippen molar-refractivity contribution in [1.29, 1.82) is 0 Å². The summed E-state index contributed by atoms with van der Waals surface area (Å²) in [4.78, 5) is 13.2. The second-order valence-corrected chi connectivity index (χ2v) is 5.54. The van der Waals surface area contributed by atoms with E-state index in [9.17, 15) is 4.79 Å². The molecule has 2 rings (SSSR count). The summed E-state index contributed by atoms with van der Waals surface area (Å²) in [5, 5.41) is 0. The summed E-state index contributed by atoms with van der Waals surface area (Å²) in [5.74, 6) is 5.99. The van der Waals surface area contributed by atoms with Gasteiger partial charge in [0, 0.05) is 21.8 Å². The van der Waals surface area contributed by atoms with Crippen molar-refractivity contribution >= 4 is 18.0 Å². The van der Waals surface area contributed by atoms with Crippen molar-refractivity contribution < 1.29 is 4.79 Å². The quantitative estimate of drug-likeness (QED) is 0.605. The normalized spacial score (nSPS) is 9.70. The molecule has 0 unspecified atom stereocenters. The highest BCUT2D eigenvalue weighted by molar-refractivity contribution is 7.99. The van der Waals surface area contributed by atoms with E-state index in [0.29, 0.717) is 0 Å². The minimum Gasteiger partial charge on any atom is -0.298 e. The largest absolute Gasteiger partial charge is 0.298 e. The fourth-order valence-electron chi connectivity index (χ4n) is 1.92. The lowest BCUT2D eigenvalue weighted by atomic mass is 10.1. The number of aldehydes is 1. The molecule has 0 atom stereocenters. The molecule has 0 aliphatic rings. The number of hydrogen-bond acceptors (Lipinski definition) is 2. The van der Waals surface area contributed by atoms with Gasteiger partial charge in [-0.2, -0.15) is 0 Å². The molecule has 0 aliphatic heterocycles. The molecule has 0 aliphatic carbocycles. The summed E-state index contributed by atoms with van der Waals surface area (Å²) < 4.78 is 0. The third-order valence-corrected chi connectivity index (χ3v) is 4.24. The van der Waals surface area contributed by atoms with Crippen LogP contribution in [0.2, 0.25) is 0 Å². The van der Waals surface area contributed by atoms with Crippen LogP contribution < -0.4 is 0 Å². The summed E-state index contributed by atoms with van der Waals surface area (Å²) in [7, 11) is 0. The van der Waals surface area contributed by atoms with Crippen LogP contribution in [0.25, 0.3) is 0 Å². The van der Waals surface area contributed by atoms with Crippen LogP contribution in [-0.2, 0) is 6.42 Å². The first kappa shape index (κ1) is 14.4. The van der Waals surface area contributed by atoms with E-state index in [0.717, 1.165) is 23.2 Å². The van der Waals surface area contributed by atoms with Crippen LogP contribution in [0.15, 0.2) is 52.3 Å². The summed E-state index contributed by atoms with van der Waals surface area (Å²) >= 11 is 1.63. The van der Waals surface area contributed by atoms with Gasteiger partial charge in [-0.05, 0) is 37.1 Å². The van der Waals surface area contributed by atoms with Gasteiger partial charge in [-0.15, -0.1) is 5.92 Å². The molecular weight excluding hydrogens is 264 g/mol. The predicted molar refractivity (Wildman–Crippen MR) is 84.3 cm³/mol. The lowest BCUT2D eigenvalue weighted by Gasteiger charge is -2.08. The number of aryl methyl sites for hydroxylation is 1. The van der Waals surface area contributed by atoms with Crippen molar-refractivity contribution in [2.45, 2.75) is 30.1 Å². The maximum atomic E-state index is 11.0. The van der Waals surface area contributed by atoms with Crippen molar-refractivity contribution in [2.75, 3.05) is 0 Å². The first-order valence-corrected chi connectivity index (χ1v) is 7.27. The summed E-state index contributed by atoms with van der Waals surface area (Å²) in [6.45, 7) is 3.95. The molecule has 0 amide bonds. The molecule has 0 spiro atoms. The predicted octanol–water partition coefficient (Wildman–Crippen LogP) is 4.52. The molecular formula is C18H16OS. The van der Waals surface area contributed by atoms with E-state index in [1.807, 2.05) is 31.2 Å². The maximum Gasteiger partial charge on any atom is 0.151 e. The molecule has 2 heteroatoms. The molecule has 0 heterocycles. The van der Waals surface area contributed by atoms with Crippen LogP contribution in [0.5, 0.6) is 0 Å². The van der Waals surface area contributed by atoms with Gasteiger partial charge in [-0.3, -0.25) is 4.79 Å². The zero-order valence-electron chi connectivity index (χ0n) is 11.6. The molecule has 2 aromatic carbocycles. The van der Waals surface area contributed by atoms with E-state index < -0.39 is 0 Å². The van der Waals surface area contributed by atoms with E-state index >= 15 is 0 Å². The maximum absolute atomic E-state index is 11.0. The molecule has 0 radical (unpaired) electrons. The van der Waals surface area contributed by atoms with Gasteiger partial charge in [0.25, 0.3) is 0 Å². The molecule has 0 saturated carbocycles. The average Bonchev–Trinajstić information content (AvgIpc) is 2.48. The third-order valence-electron chi connectivity index (χ3n) is 2.97. The van der Waals surface area contributed by atoms with Gasteiger partial charge in [0.2, 0.25) is 0 Å². The van der Waals surface area contributed by atoms with Gasteiger partial charge in [0.15, 0.2) is 6.29 Å². The van der Waals surface area contributed by atoms with Crippen molar-refractivity contribution in [2.24, 2.45) is 0 Å². The molecule has 20 heavy (non-hydrogen) atoms. The first-order valence-electron chi connectivity index (χ1n) is 6.46. The Balaban J connectivity index is 2.25. The van der Waals surface area contributed by atoms with E-state index in [1.54, 1.807) is 11.8 Å². The molecule has 0 fully saturated rings. The van der Waals surface area contributed by atoms with E-state index in [4.69, 9.17) is 0 Å². The lowest BCUT2D eigenvalue weighted by Crippen LogP contribution is -1.88. The van der Waals surface area contributed by atoms with Gasteiger partial charge < -0.3 is 0 Å². The molecule has 2 aromatic rings. The Hall–Kier alpha value is -1.98. The van der Waals surface area contributed by atoms with Gasteiger partial charge in [-0.1, -0.05) is 48.0 Å². The number of benzene rings is 2. The minimum atomic E-state index is 0.734. The Morgan fingerprint density at radius 2 is 1.95 bits per heavy atom. The molecule has 100 valence electrons. The summed E-state index contributed by atoms with van der Waals surface area (Å²) in [6, 6.07) is 14.0. The van der Waals surface area contributed by atoms with Crippen LogP contribution in [0.4, 0.5) is 0 Å². The monoisotopic (exact) mass is 280 g/mol. The molecule has 1 nitrogen and oxygen atoms in total. The number of hydrogen-bond donors (Lipinski definition) is 0. The Labute approximate surface area is 124 Å². The fourth-order valence-corrected chi connectivity index (χ4v) is 2.89. The zero-order valence-corrected chi connectivity index (χ0v) is 12.5. The highest BCUT2D eigenvalue weighted by Crippen LogP contribution is 2.32. The van der Waals surface area contributed by atoms with E-state index in [1.165, 1.54) is 16.0 Å². The average molecular weight is 280 g/mol. The Kier molecular flexibility index (Phi) is 5.03. The summed E-state index contributed by atoms with van der Waals surface area (Å²) in [5.41, 5.74) is 3.17. The van der Waals surface area contributed by atoms with Crippen LogP contribution in [0.1, 0.15) is 28.4 Å². The van der Waals surface area contributed by atoms with Crippen LogP contribution in [0.3, 0.4) is 0 Å². The second-order valence-electron chi connectivity index (χ2n) is 4.46. The second kappa shape index (κ2) is 6.98. The van der Waals surface area contributed by atoms with Gasteiger partial charge >= 0.3 is 0 Å². The standard InChI is InChI=1S/C18H16OS/c1-3-4-7-15-10-11-17(14(2)12-15)20-18-9-6-5-8-16(18)13-19/h5-6,8-13H,7H2,1-2H3. The minimum absolute atomic E-state index is 0.734.